The predicted molar refractivity (Wildman–Crippen MR) is 68.1 cm³/mol. The topological polar surface area (TPSA) is 88.1 Å². The Morgan fingerprint density at radius 2 is 2.33 bits per heavy atom. The number of amides is 1. The molecule has 0 spiro atoms. The highest BCUT2D eigenvalue weighted by atomic mass is 35.5. The van der Waals surface area contributed by atoms with Gasteiger partial charge in [-0.15, -0.1) is 0 Å². The second kappa shape index (κ2) is 7.54. The average molecular weight is 268 g/mol. The van der Waals surface area contributed by atoms with Crippen LogP contribution in [0.4, 0.5) is 0 Å². The van der Waals surface area contributed by atoms with E-state index in [0.29, 0.717) is 17.3 Å². The van der Waals surface area contributed by atoms with E-state index in [1.807, 2.05) is 6.07 Å². The molecular formula is C12H14ClN3O2. The summed E-state index contributed by atoms with van der Waals surface area (Å²) in [6.07, 6.45) is 0.270. The van der Waals surface area contributed by atoms with Crippen LogP contribution >= 0.6 is 11.6 Å². The minimum absolute atomic E-state index is 0.151. The quantitative estimate of drug-likeness (QED) is 0.758. The molecule has 0 fully saturated rings. The molecule has 0 aliphatic rings. The van der Waals surface area contributed by atoms with Gasteiger partial charge in [0, 0.05) is 18.7 Å². The van der Waals surface area contributed by atoms with Crippen molar-refractivity contribution in [2.75, 3.05) is 13.2 Å². The van der Waals surface area contributed by atoms with Crippen molar-refractivity contribution in [2.24, 2.45) is 5.73 Å². The molecule has 0 saturated heterocycles. The van der Waals surface area contributed by atoms with Crippen molar-refractivity contribution < 1.29 is 9.53 Å². The van der Waals surface area contributed by atoms with E-state index in [2.05, 4.69) is 5.32 Å². The van der Waals surface area contributed by atoms with Crippen molar-refractivity contribution >= 4 is 17.5 Å². The molecule has 5 nitrogen and oxygen atoms in total. The number of benzene rings is 1. The zero-order chi connectivity index (χ0) is 13.4. The third-order valence-electron chi connectivity index (χ3n) is 2.18. The van der Waals surface area contributed by atoms with Crippen molar-refractivity contribution in [3.8, 4) is 11.8 Å². The molecule has 96 valence electrons. The molecule has 1 aromatic rings. The lowest BCUT2D eigenvalue weighted by Crippen LogP contribution is -2.29. The molecule has 0 heterocycles. The fraction of sp³-hybridized carbons (Fsp3) is 0.333. The molecule has 0 aliphatic carbocycles. The molecule has 1 amide bonds. The van der Waals surface area contributed by atoms with Crippen LogP contribution in [0, 0.1) is 11.3 Å². The average Bonchev–Trinajstić information content (AvgIpc) is 2.37. The fourth-order valence-corrected chi connectivity index (χ4v) is 1.57. The van der Waals surface area contributed by atoms with Gasteiger partial charge >= 0.3 is 0 Å². The van der Waals surface area contributed by atoms with E-state index in [1.54, 1.807) is 18.2 Å². The second-order valence-corrected chi connectivity index (χ2v) is 3.89. The lowest BCUT2D eigenvalue weighted by atomic mass is 10.2. The smallest absolute Gasteiger partial charge is 0.257 e. The summed E-state index contributed by atoms with van der Waals surface area (Å²) < 4.78 is 5.34. The first-order valence-corrected chi connectivity index (χ1v) is 5.80. The van der Waals surface area contributed by atoms with E-state index in [-0.39, 0.29) is 25.5 Å². The van der Waals surface area contributed by atoms with Crippen molar-refractivity contribution in [3.63, 3.8) is 0 Å². The minimum Gasteiger partial charge on any atom is -0.482 e. The van der Waals surface area contributed by atoms with Crippen LogP contribution in [0.2, 0.25) is 5.02 Å². The van der Waals surface area contributed by atoms with Crippen LogP contribution in [0.15, 0.2) is 18.2 Å². The van der Waals surface area contributed by atoms with Crippen LogP contribution < -0.4 is 15.8 Å². The van der Waals surface area contributed by atoms with Gasteiger partial charge in [0.05, 0.1) is 17.5 Å². The Morgan fingerprint density at radius 1 is 1.56 bits per heavy atom. The molecule has 18 heavy (non-hydrogen) atoms. The van der Waals surface area contributed by atoms with Crippen molar-refractivity contribution in [1.82, 2.24) is 5.32 Å². The molecule has 0 bridgehead atoms. The van der Waals surface area contributed by atoms with Gasteiger partial charge in [0.1, 0.15) is 5.75 Å². The molecule has 6 heteroatoms. The molecule has 1 rings (SSSR count). The number of nitrogens with one attached hydrogen (secondary N) is 1. The van der Waals surface area contributed by atoms with Gasteiger partial charge in [0.15, 0.2) is 6.61 Å². The number of hydrogen-bond acceptors (Lipinski definition) is 4. The van der Waals surface area contributed by atoms with Crippen LogP contribution in [0.25, 0.3) is 0 Å². The molecule has 1 aromatic carbocycles. The highest BCUT2D eigenvalue weighted by molar-refractivity contribution is 6.32. The van der Waals surface area contributed by atoms with Gasteiger partial charge in [-0.1, -0.05) is 23.7 Å². The summed E-state index contributed by atoms with van der Waals surface area (Å²) in [4.78, 5) is 11.4. The van der Waals surface area contributed by atoms with Gasteiger partial charge in [0.25, 0.3) is 5.91 Å². The maximum absolute atomic E-state index is 11.4. The number of ether oxygens (including phenoxy) is 1. The molecular weight excluding hydrogens is 254 g/mol. The highest BCUT2D eigenvalue weighted by Gasteiger charge is 2.09. The van der Waals surface area contributed by atoms with Crippen LogP contribution in [0.5, 0.6) is 5.75 Å². The lowest BCUT2D eigenvalue weighted by molar-refractivity contribution is -0.123. The van der Waals surface area contributed by atoms with E-state index in [4.69, 9.17) is 27.3 Å². The van der Waals surface area contributed by atoms with Gasteiger partial charge in [0.2, 0.25) is 0 Å². The van der Waals surface area contributed by atoms with Crippen LogP contribution in [-0.2, 0) is 11.3 Å². The van der Waals surface area contributed by atoms with Crippen LogP contribution in [0.1, 0.15) is 12.0 Å². The molecule has 0 aliphatic heterocycles. The monoisotopic (exact) mass is 267 g/mol. The summed E-state index contributed by atoms with van der Waals surface area (Å²) in [5.74, 6) is 0.130. The molecule has 0 atom stereocenters. The van der Waals surface area contributed by atoms with E-state index in [0.717, 1.165) is 5.56 Å². The van der Waals surface area contributed by atoms with E-state index >= 15 is 0 Å². The molecule has 3 N–H and O–H groups in total. The summed E-state index contributed by atoms with van der Waals surface area (Å²) in [6, 6.07) is 7.16. The summed E-state index contributed by atoms with van der Waals surface area (Å²) in [6.45, 7) is 0.444. The Hall–Kier alpha value is -1.77. The first-order valence-electron chi connectivity index (χ1n) is 5.43. The first-order chi connectivity index (χ1) is 8.69. The molecule has 0 radical (unpaired) electrons. The zero-order valence-electron chi connectivity index (χ0n) is 9.78. The number of carbonyl (C=O) groups excluding carboxylic acids is 1. The van der Waals surface area contributed by atoms with Crippen LogP contribution in [-0.4, -0.2) is 19.1 Å². The second-order valence-electron chi connectivity index (χ2n) is 3.48. The third kappa shape index (κ3) is 4.24. The number of nitrogens with zero attached hydrogens (tertiary/aromatic N) is 1. The van der Waals surface area contributed by atoms with Gasteiger partial charge < -0.3 is 15.8 Å². The summed E-state index contributed by atoms with van der Waals surface area (Å²) >= 11 is 5.96. The zero-order valence-corrected chi connectivity index (χ0v) is 10.5. The number of halogens is 1. The predicted octanol–water partition coefficient (Wildman–Crippen LogP) is 1.21. The number of nitriles is 1. The Labute approximate surface area is 110 Å². The largest absolute Gasteiger partial charge is 0.482 e. The van der Waals surface area contributed by atoms with Gasteiger partial charge in [-0.3, -0.25) is 4.79 Å². The van der Waals surface area contributed by atoms with Crippen LogP contribution in [0.3, 0.4) is 0 Å². The molecule has 0 aromatic heterocycles. The summed E-state index contributed by atoms with van der Waals surface area (Å²) in [5, 5.41) is 11.3. The van der Waals surface area contributed by atoms with Gasteiger partial charge in [-0.2, -0.15) is 5.26 Å². The SMILES string of the molecule is N#CCCNC(=O)COc1c(Cl)cccc1CN. The minimum atomic E-state index is -0.298. The van der Waals surface area contributed by atoms with Crippen molar-refractivity contribution in [2.45, 2.75) is 13.0 Å². The lowest BCUT2D eigenvalue weighted by Gasteiger charge is -2.11. The first kappa shape index (κ1) is 14.3. The Bertz CT molecular complexity index is 457. The van der Waals surface area contributed by atoms with Crippen molar-refractivity contribution in [1.29, 1.82) is 5.26 Å². The fourth-order valence-electron chi connectivity index (χ4n) is 1.32. The number of nitrogens with two attached hydrogens (primary N) is 1. The Morgan fingerprint density at radius 3 is 3.00 bits per heavy atom. The highest BCUT2D eigenvalue weighted by Crippen LogP contribution is 2.28. The van der Waals surface area contributed by atoms with E-state index < -0.39 is 0 Å². The number of para-hydroxylation sites is 1. The van der Waals surface area contributed by atoms with E-state index in [9.17, 15) is 4.79 Å². The summed E-state index contributed by atoms with van der Waals surface area (Å²) in [5.41, 5.74) is 6.29. The van der Waals surface area contributed by atoms with Gasteiger partial charge in [-0.05, 0) is 6.07 Å². The maximum atomic E-state index is 11.4. The third-order valence-corrected chi connectivity index (χ3v) is 2.47. The molecule has 0 saturated carbocycles. The van der Waals surface area contributed by atoms with Gasteiger partial charge in [-0.25, -0.2) is 0 Å². The van der Waals surface area contributed by atoms with E-state index in [1.165, 1.54) is 0 Å². The van der Waals surface area contributed by atoms with Crippen molar-refractivity contribution in [3.05, 3.63) is 28.8 Å². The number of hydrogen-bond donors (Lipinski definition) is 2. The Balaban J connectivity index is 2.53. The normalized spacial score (nSPS) is 9.61. The standard InChI is InChI=1S/C12H14ClN3O2/c13-10-4-1-3-9(7-15)12(10)18-8-11(17)16-6-2-5-14/h1,3-4H,2,6-8,15H2,(H,16,17). The Kier molecular flexibility index (Phi) is 5.98. The molecule has 0 unspecified atom stereocenters. The maximum Gasteiger partial charge on any atom is 0.257 e. The number of carbonyl (C=O) groups is 1. The summed E-state index contributed by atoms with van der Waals surface area (Å²) in [7, 11) is 0. The number of rotatable bonds is 6.